The van der Waals surface area contributed by atoms with Crippen molar-refractivity contribution in [2.45, 2.75) is 45.6 Å². The van der Waals surface area contributed by atoms with E-state index in [1.165, 1.54) is 12.8 Å². The Bertz CT molecular complexity index is 768. The van der Waals surface area contributed by atoms with Crippen LogP contribution < -0.4 is 5.32 Å². The van der Waals surface area contributed by atoms with Gasteiger partial charge in [-0.3, -0.25) is 0 Å². The Morgan fingerprint density at radius 3 is 2.96 bits per heavy atom. The lowest BCUT2D eigenvalue weighted by Gasteiger charge is -2.33. The molecule has 2 heterocycles. The summed E-state index contributed by atoms with van der Waals surface area (Å²) in [6.07, 6.45) is 6.37. The van der Waals surface area contributed by atoms with Gasteiger partial charge in [0.25, 0.3) is 0 Å². The largest absolute Gasteiger partial charge is 0.444 e. The van der Waals surface area contributed by atoms with Crippen LogP contribution in [-0.2, 0) is 0 Å². The van der Waals surface area contributed by atoms with Crippen molar-refractivity contribution in [3.63, 3.8) is 0 Å². The van der Waals surface area contributed by atoms with Crippen LogP contribution >= 0.6 is 0 Å². The van der Waals surface area contributed by atoms with Gasteiger partial charge >= 0.3 is 6.03 Å². The first-order valence-electron chi connectivity index (χ1n) is 8.71. The van der Waals surface area contributed by atoms with E-state index in [9.17, 15) is 4.79 Å². The zero-order valence-corrected chi connectivity index (χ0v) is 14.2. The van der Waals surface area contributed by atoms with Gasteiger partial charge in [0.1, 0.15) is 6.26 Å². The van der Waals surface area contributed by atoms with E-state index in [-0.39, 0.29) is 6.03 Å². The van der Waals surface area contributed by atoms with Gasteiger partial charge in [0.2, 0.25) is 5.89 Å². The third-order valence-electron chi connectivity index (χ3n) is 5.33. The van der Waals surface area contributed by atoms with Gasteiger partial charge in [0, 0.05) is 23.8 Å². The fourth-order valence-electron chi connectivity index (χ4n) is 3.97. The first-order chi connectivity index (χ1) is 11.6. The molecule has 126 valence electrons. The number of anilines is 1. The van der Waals surface area contributed by atoms with E-state index < -0.39 is 0 Å². The molecule has 5 nitrogen and oxygen atoms in total. The maximum atomic E-state index is 12.7. The molecular weight excluding hydrogens is 302 g/mol. The second kappa shape index (κ2) is 5.96. The normalized spacial score (nSPS) is 22.7. The van der Waals surface area contributed by atoms with Gasteiger partial charge in [-0.05, 0) is 63.1 Å². The number of piperidine rings is 1. The monoisotopic (exact) mass is 325 g/mol. The van der Waals surface area contributed by atoms with E-state index in [4.69, 9.17) is 4.42 Å². The summed E-state index contributed by atoms with van der Waals surface area (Å²) >= 11 is 0. The second-order valence-electron chi connectivity index (χ2n) is 7.07. The summed E-state index contributed by atoms with van der Waals surface area (Å²) in [4.78, 5) is 19.1. The van der Waals surface area contributed by atoms with Gasteiger partial charge in [-0.1, -0.05) is 6.07 Å². The van der Waals surface area contributed by atoms with Crippen molar-refractivity contribution in [2.24, 2.45) is 5.92 Å². The first-order valence-corrected chi connectivity index (χ1v) is 8.71. The van der Waals surface area contributed by atoms with Crippen molar-refractivity contribution in [3.8, 4) is 11.5 Å². The smallest absolute Gasteiger partial charge is 0.322 e. The number of nitrogens with zero attached hydrogens (tertiary/aromatic N) is 2. The molecule has 4 rings (SSSR count). The number of nitrogens with one attached hydrogen (secondary N) is 1. The minimum Gasteiger partial charge on any atom is -0.444 e. The molecule has 2 bridgehead atoms. The number of urea groups is 1. The van der Waals surface area contributed by atoms with Crippen LogP contribution in [0.15, 0.2) is 28.9 Å². The highest BCUT2D eigenvalue weighted by Gasteiger charge is 2.36. The molecule has 1 N–H and O–H groups in total. The zero-order valence-electron chi connectivity index (χ0n) is 14.2. The summed E-state index contributed by atoms with van der Waals surface area (Å²) in [6.45, 7) is 4.79. The zero-order chi connectivity index (χ0) is 16.7. The highest BCUT2D eigenvalue weighted by molar-refractivity contribution is 5.90. The van der Waals surface area contributed by atoms with E-state index in [0.717, 1.165) is 47.8 Å². The molecular formula is C19H23N3O2. The molecule has 1 saturated heterocycles. The minimum atomic E-state index is 0.0127. The van der Waals surface area contributed by atoms with E-state index in [1.807, 2.05) is 36.9 Å². The van der Waals surface area contributed by atoms with Gasteiger partial charge in [0.05, 0.1) is 5.69 Å². The van der Waals surface area contributed by atoms with Crippen molar-refractivity contribution >= 4 is 11.7 Å². The lowest BCUT2D eigenvalue weighted by atomic mass is 9.99. The van der Waals surface area contributed by atoms with Crippen LogP contribution in [0, 0.1) is 19.8 Å². The summed E-state index contributed by atoms with van der Waals surface area (Å²) in [5, 5.41) is 3.06. The number of amides is 2. The van der Waals surface area contributed by atoms with Crippen LogP contribution in [0.25, 0.3) is 11.5 Å². The number of benzene rings is 1. The molecule has 1 aromatic carbocycles. The SMILES string of the molecule is Cc1coc(-c2cc(NC(=O)N3CC[C@@H]4CCC3C4)ccc2C)n1. The highest BCUT2D eigenvalue weighted by atomic mass is 16.3. The number of likely N-dealkylation sites (tertiary alicyclic amines) is 1. The third kappa shape index (κ3) is 2.79. The van der Waals surface area contributed by atoms with Crippen molar-refractivity contribution in [2.75, 3.05) is 11.9 Å². The van der Waals surface area contributed by atoms with Crippen LogP contribution in [0.4, 0.5) is 10.5 Å². The third-order valence-corrected chi connectivity index (χ3v) is 5.33. The van der Waals surface area contributed by atoms with Crippen molar-refractivity contribution in [1.29, 1.82) is 0 Å². The molecule has 2 aliphatic rings. The fourth-order valence-corrected chi connectivity index (χ4v) is 3.97. The van der Waals surface area contributed by atoms with Gasteiger partial charge < -0.3 is 14.6 Å². The van der Waals surface area contributed by atoms with Crippen LogP contribution in [-0.4, -0.2) is 28.5 Å². The Balaban J connectivity index is 1.53. The van der Waals surface area contributed by atoms with Crippen LogP contribution in [0.2, 0.25) is 0 Å². The van der Waals surface area contributed by atoms with Gasteiger partial charge in [0.15, 0.2) is 0 Å². The molecule has 1 saturated carbocycles. The summed E-state index contributed by atoms with van der Waals surface area (Å²) in [5.41, 5.74) is 3.63. The number of rotatable bonds is 2. The molecule has 24 heavy (non-hydrogen) atoms. The quantitative estimate of drug-likeness (QED) is 0.892. The number of hydrogen-bond donors (Lipinski definition) is 1. The summed E-state index contributed by atoms with van der Waals surface area (Å²) in [5.74, 6) is 1.43. The molecule has 1 aliphatic carbocycles. The molecule has 2 aromatic rings. The molecule has 0 radical (unpaired) electrons. The number of carbonyl (C=O) groups is 1. The predicted molar refractivity (Wildman–Crippen MR) is 92.9 cm³/mol. The molecule has 5 heteroatoms. The standard InChI is InChI=1S/C19H23N3O2/c1-12-3-5-15(10-17(12)18-20-13(2)11-24-18)21-19(23)22-8-7-14-4-6-16(22)9-14/h3,5,10-11,14,16H,4,6-9H2,1-2H3,(H,21,23)/t14-,16?/m0/s1. The Kier molecular flexibility index (Phi) is 3.79. The van der Waals surface area contributed by atoms with Gasteiger partial charge in [-0.25, -0.2) is 9.78 Å². The van der Waals surface area contributed by atoms with Crippen molar-refractivity contribution in [1.82, 2.24) is 9.88 Å². The maximum absolute atomic E-state index is 12.7. The lowest BCUT2D eigenvalue weighted by Crippen LogP contribution is -2.44. The van der Waals surface area contributed by atoms with E-state index in [0.29, 0.717) is 11.9 Å². The molecule has 2 amide bonds. The van der Waals surface area contributed by atoms with E-state index in [2.05, 4.69) is 10.3 Å². The van der Waals surface area contributed by atoms with Crippen molar-refractivity contribution in [3.05, 3.63) is 35.7 Å². The number of carbonyl (C=O) groups excluding carboxylic acids is 1. The number of oxazole rings is 1. The molecule has 1 unspecified atom stereocenters. The molecule has 2 atom stereocenters. The Labute approximate surface area is 142 Å². The average Bonchev–Trinajstić information content (AvgIpc) is 3.16. The summed E-state index contributed by atoms with van der Waals surface area (Å²) in [7, 11) is 0. The van der Waals surface area contributed by atoms with Crippen LogP contribution in [0.3, 0.4) is 0 Å². The molecule has 0 spiro atoms. The summed E-state index contributed by atoms with van der Waals surface area (Å²) in [6, 6.07) is 6.31. The maximum Gasteiger partial charge on any atom is 0.322 e. The number of hydrogen-bond acceptors (Lipinski definition) is 3. The minimum absolute atomic E-state index is 0.0127. The number of aryl methyl sites for hydroxylation is 2. The topological polar surface area (TPSA) is 58.4 Å². The Morgan fingerprint density at radius 1 is 1.29 bits per heavy atom. The summed E-state index contributed by atoms with van der Waals surface area (Å²) < 4.78 is 5.51. The van der Waals surface area contributed by atoms with Gasteiger partial charge in [-0.15, -0.1) is 0 Å². The predicted octanol–water partition coefficient (Wildman–Crippen LogP) is 4.36. The Morgan fingerprint density at radius 2 is 2.17 bits per heavy atom. The number of aromatic nitrogens is 1. The van der Waals surface area contributed by atoms with E-state index in [1.54, 1.807) is 6.26 Å². The highest BCUT2D eigenvalue weighted by Crippen LogP contribution is 2.36. The molecule has 2 fully saturated rings. The molecule has 1 aliphatic heterocycles. The van der Waals surface area contributed by atoms with Gasteiger partial charge in [-0.2, -0.15) is 0 Å². The first kappa shape index (κ1) is 15.2. The van der Waals surface area contributed by atoms with E-state index >= 15 is 0 Å². The van der Waals surface area contributed by atoms with Crippen LogP contribution in [0.1, 0.15) is 36.9 Å². The lowest BCUT2D eigenvalue weighted by molar-refractivity contribution is 0.167. The number of fused-ring (bicyclic) bond motifs is 2. The Hall–Kier alpha value is -2.30. The second-order valence-corrected chi connectivity index (χ2v) is 7.07. The van der Waals surface area contributed by atoms with Crippen molar-refractivity contribution < 1.29 is 9.21 Å². The average molecular weight is 325 g/mol. The fraction of sp³-hybridized carbons (Fsp3) is 0.474. The molecule has 1 aromatic heterocycles. The van der Waals surface area contributed by atoms with Crippen LogP contribution in [0.5, 0.6) is 0 Å².